The molecule has 0 spiro atoms. The van der Waals surface area contributed by atoms with Crippen LogP contribution in [0.5, 0.6) is 0 Å². The van der Waals surface area contributed by atoms with Crippen LogP contribution in [0.25, 0.3) is 98.2 Å². The summed E-state index contributed by atoms with van der Waals surface area (Å²) in [5, 5.41) is 6.59. The Morgan fingerprint density at radius 2 is 1.19 bits per heavy atom. The van der Waals surface area contributed by atoms with Gasteiger partial charge < -0.3 is 4.42 Å². The minimum atomic E-state index is 0.591. The van der Waals surface area contributed by atoms with Crippen molar-refractivity contribution in [3.8, 4) is 45.3 Å². The van der Waals surface area contributed by atoms with Gasteiger partial charge in [-0.1, -0.05) is 97.1 Å². The lowest BCUT2D eigenvalue weighted by molar-refractivity contribution is 0.670. The van der Waals surface area contributed by atoms with Gasteiger partial charge >= 0.3 is 0 Å². The number of hydrogen-bond acceptors (Lipinski definition) is 6. The Balaban J connectivity index is 1.30. The van der Waals surface area contributed by atoms with E-state index in [1.54, 1.807) is 0 Å². The van der Waals surface area contributed by atoms with E-state index in [4.69, 9.17) is 19.4 Å². The molecule has 4 aromatic heterocycles. The summed E-state index contributed by atoms with van der Waals surface area (Å²) in [6.07, 6.45) is 3.72. The van der Waals surface area contributed by atoms with Crippen LogP contribution >= 0.6 is 11.3 Å². The molecule has 0 saturated carbocycles. The highest BCUT2D eigenvalue weighted by Gasteiger charge is 2.22. The minimum Gasteiger partial charge on any atom is -0.455 e. The standard InChI is InChI=1S/C42H24N4OS/c1-3-10-25(11-4-1)40-44-41(26-12-5-2-6-13-26)46-42(45-40)33-19-18-30(32-16-9-15-31-29-14-7-8-17-36(29)48-39(31)32)38-37(33)34-22-28-24-43-21-20-27(28)23-35(34)47-38/h1-24H. The van der Waals surface area contributed by atoms with Gasteiger partial charge in [-0.3, -0.25) is 4.98 Å². The van der Waals surface area contributed by atoms with Gasteiger partial charge in [-0.05, 0) is 41.8 Å². The summed E-state index contributed by atoms with van der Waals surface area (Å²) in [4.78, 5) is 19.6. The van der Waals surface area contributed by atoms with E-state index in [1.807, 2.05) is 90.5 Å². The predicted octanol–water partition coefficient (Wildman–Crippen LogP) is 11.4. The number of furan rings is 1. The molecule has 0 atom stereocenters. The zero-order chi connectivity index (χ0) is 31.6. The molecule has 0 N–H and O–H groups in total. The van der Waals surface area contributed by atoms with Crippen LogP contribution in [-0.2, 0) is 0 Å². The van der Waals surface area contributed by atoms with Gasteiger partial charge in [0.05, 0.1) is 0 Å². The first kappa shape index (κ1) is 26.9. The van der Waals surface area contributed by atoms with Crippen molar-refractivity contribution in [2.45, 2.75) is 0 Å². The van der Waals surface area contributed by atoms with E-state index in [-0.39, 0.29) is 0 Å². The van der Waals surface area contributed by atoms with Gasteiger partial charge in [0.2, 0.25) is 0 Å². The van der Waals surface area contributed by atoms with Gasteiger partial charge in [0, 0.05) is 76.5 Å². The predicted molar refractivity (Wildman–Crippen MR) is 197 cm³/mol. The normalized spacial score (nSPS) is 11.8. The van der Waals surface area contributed by atoms with Crippen molar-refractivity contribution in [3.05, 3.63) is 146 Å². The summed E-state index contributed by atoms with van der Waals surface area (Å²) in [6.45, 7) is 0. The van der Waals surface area contributed by atoms with Crippen LogP contribution in [0.4, 0.5) is 0 Å². The first-order chi connectivity index (χ1) is 23.8. The molecule has 224 valence electrons. The van der Waals surface area contributed by atoms with Crippen molar-refractivity contribution >= 4 is 64.2 Å². The Hall–Kier alpha value is -6.24. The Kier molecular flexibility index (Phi) is 5.98. The first-order valence-corrected chi connectivity index (χ1v) is 16.6. The van der Waals surface area contributed by atoms with Gasteiger partial charge in [0.1, 0.15) is 11.2 Å². The lowest BCUT2D eigenvalue weighted by Crippen LogP contribution is -2.00. The molecule has 0 saturated heterocycles. The van der Waals surface area contributed by atoms with Gasteiger partial charge in [-0.25, -0.2) is 15.0 Å². The number of nitrogens with zero attached hydrogens (tertiary/aromatic N) is 4. The molecule has 0 aliphatic carbocycles. The average molecular weight is 633 g/mol. The number of fused-ring (bicyclic) bond motifs is 7. The van der Waals surface area contributed by atoms with Crippen LogP contribution in [0, 0.1) is 0 Å². The maximum atomic E-state index is 6.87. The quantitative estimate of drug-likeness (QED) is 0.193. The molecule has 0 unspecified atom stereocenters. The molecule has 5 nitrogen and oxygen atoms in total. The molecule has 0 fully saturated rings. The number of pyridine rings is 1. The third-order valence-corrected chi connectivity index (χ3v) is 10.2. The molecule has 0 amide bonds. The van der Waals surface area contributed by atoms with Crippen molar-refractivity contribution in [2.75, 3.05) is 0 Å². The maximum Gasteiger partial charge on any atom is 0.164 e. The topological polar surface area (TPSA) is 64.7 Å². The third-order valence-electron chi connectivity index (χ3n) is 9.01. The highest BCUT2D eigenvalue weighted by Crippen LogP contribution is 2.46. The molecular weight excluding hydrogens is 609 g/mol. The summed E-state index contributed by atoms with van der Waals surface area (Å²) in [6, 6.07) is 45.9. The molecular formula is C42H24N4OS. The second kappa shape index (κ2) is 10.7. The number of thiophene rings is 1. The van der Waals surface area contributed by atoms with E-state index in [0.29, 0.717) is 17.5 Å². The zero-order valence-corrected chi connectivity index (χ0v) is 26.3. The molecule has 0 bridgehead atoms. The molecule has 6 aromatic carbocycles. The summed E-state index contributed by atoms with van der Waals surface area (Å²) in [5.41, 5.74) is 6.52. The second-order valence-electron chi connectivity index (χ2n) is 11.9. The highest BCUT2D eigenvalue weighted by atomic mass is 32.1. The van der Waals surface area contributed by atoms with Crippen molar-refractivity contribution in [1.29, 1.82) is 0 Å². The fourth-order valence-electron chi connectivity index (χ4n) is 6.75. The van der Waals surface area contributed by atoms with Gasteiger partial charge in [-0.2, -0.15) is 0 Å². The second-order valence-corrected chi connectivity index (χ2v) is 12.9. The van der Waals surface area contributed by atoms with Gasteiger partial charge in [0.25, 0.3) is 0 Å². The van der Waals surface area contributed by atoms with Crippen LogP contribution in [0.15, 0.2) is 150 Å². The van der Waals surface area contributed by atoms with Crippen molar-refractivity contribution in [3.63, 3.8) is 0 Å². The average Bonchev–Trinajstić information content (AvgIpc) is 3.73. The van der Waals surface area contributed by atoms with Crippen LogP contribution in [-0.4, -0.2) is 19.9 Å². The lowest BCUT2D eigenvalue weighted by atomic mass is 9.96. The van der Waals surface area contributed by atoms with E-state index >= 15 is 0 Å². The number of hydrogen-bond donors (Lipinski definition) is 0. The zero-order valence-electron chi connectivity index (χ0n) is 25.5. The molecule has 48 heavy (non-hydrogen) atoms. The van der Waals surface area contributed by atoms with Crippen molar-refractivity contribution in [2.24, 2.45) is 0 Å². The molecule has 4 heterocycles. The number of rotatable bonds is 4. The summed E-state index contributed by atoms with van der Waals surface area (Å²) in [7, 11) is 0. The van der Waals surface area contributed by atoms with E-state index in [0.717, 1.165) is 60.5 Å². The first-order valence-electron chi connectivity index (χ1n) is 15.8. The van der Waals surface area contributed by atoms with Crippen LogP contribution in [0.3, 0.4) is 0 Å². The third kappa shape index (κ3) is 4.24. The Labute approximate surface area is 278 Å². The smallest absolute Gasteiger partial charge is 0.164 e. The summed E-state index contributed by atoms with van der Waals surface area (Å²) >= 11 is 1.82. The molecule has 0 aliphatic heterocycles. The maximum absolute atomic E-state index is 6.87. The molecule has 6 heteroatoms. The highest BCUT2D eigenvalue weighted by molar-refractivity contribution is 7.26. The SMILES string of the molecule is c1ccc(-c2nc(-c3ccccc3)nc(-c3ccc(-c4cccc5c4sc4ccccc45)c4oc5cc6ccncc6cc5c34)n2)cc1. The van der Waals surface area contributed by atoms with E-state index in [9.17, 15) is 0 Å². The molecule has 10 rings (SSSR count). The Morgan fingerprint density at radius 1 is 0.500 bits per heavy atom. The van der Waals surface area contributed by atoms with Gasteiger partial charge in [0.15, 0.2) is 17.5 Å². The van der Waals surface area contributed by atoms with Gasteiger partial charge in [-0.15, -0.1) is 11.3 Å². The Morgan fingerprint density at radius 3 is 1.98 bits per heavy atom. The van der Waals surface area contributed by atoms with Crippen molar-refractivity contribution in [1.82, 2.24) is 19.9 Å². The molecule has 0 radical (unpaired) electrons. The van der Waals surface area contributed by atoms with Crippen LogP contribution < -0.4 is 0 Å². The minimum absolute atomic E-state index is 0.591. The Bertz CT molecular complexity index is 2780. The monoisotopic (exact) mass is 632 g/mol. The summed E-state index contributed by atoms with van der Waals surface area (Å²) in [5.74, 6) is 1.83. The van der Waals surface area contributed by atoms with E-state index in [1.165, 1.54) is 20.2 Å². The lowest BCUT2D eigenvalue weighted by Gasteiger charge is -2.11. The largest absolute Gasteiger partial charge is 0.455 e. The van der Waals surface area contributed by atoms with Crippen LogP contribution in [0.2, 0.25) is 0 Å². The van der Waals surface area contributed by atoms with Crippen LogP contribution in [0.1, 0.15) is 0 Å². The molecule has 10 aromatic rings. The number of aromatic nitrogens is 4. The number of benzene rings is 6. The van der Waals surface area contributed by atoms with E-state index in [2.05, 4.69) is 71.7 Å². The fourth-order valence-corrected chi connectivity index (χ4v) is 7.98. The molecule has 0 aliphatic rings. The van der Waals surface area contributed by atoms with E-state index < -0.39 is 0 Å². The van der Waals surface area contributed by atoms with Crippen molar-refractivity contribution < 1.29 is 4.42 Å². The fraction of sp³-hybridized carbons (Fsp3) is 0. The summed E-state index contributed by atoms with van der Waals surface area (Å²) < 4.78 is 9.38.